The van der Waals surface area contributed by atoms with Crippen molar-refractivity contribution in [3.63, 3.8) is 0 Å². The highest BCUT2D eigenvalue weighted by Crippen LogP contribution is 2.54. The second-order valence-electron chi connectivity index (χ2n) is 7.24. The zero-order chi connectivity index (χ0) is 16.4. The van der Waals surface area contributed by atoms with Gasteiger partial charge in [-0.1, -0.05) is 35.9 Å². The Kier molecular flexibility index (Phi) is 4.60. The van der Waals surface area contributed by atoms with Gasteiger partial charge < -0.3 is 16.8 Å². The standard InChI is InChI=1S/C20H29N3/c1-14-7-3-5-9-17(14)20(11-12-20)13-23-15(2)19(22)16-8-4-6-10-18(16)21/h4-6,8-10,15,19,23H,3,7,11-13,21-22H2,1-2H3. The van der Waals surface area contributed by atoms with E-state index in [0.29, 0.717) is 5.41 Å². The summed E-state index contributed by atoms with van der Waals surface area (Å²) in [5.74, 6) is 0. The molecule has 0 bridgehead atoms. The van der Waals surface area contributed by atoms with Crippen LogP contribution in [-0.4, -0.2) is 12.6 Å². The molecule has 3 heteroatoms. The Labute approximate surface area is 139 Å². The van der Waals surface area contributed by atoms with Crippen LogP contribution in [0.1, 0.15) is 51.1 Å². The predicted octanol–water partition coefficient (Wildman–Crippen LogP) is 3.69. The van der Waals surface area contributed by atoms with Crippen molar-refractivity contribution in [1.82, 2.24) is 5.32 Å². The molecule has 0 heterocycles. The van der Waals surface area contributed by atoms with E-state index in [2.05, 4.69) is 31.3 Å². The quantitative estimate of drug-likeness (QED) is 0.702. The van der Waals surface area contributed by atoms with Gasteiger partial charge in [0, 0.05) is 29.7 Å². The lowest BCUT2D eigenvalue weighted by atomic mass is 9.86. The number of rotatable bonds is 6. The molecule has 0 aromatic heterocycles. The Morgan fingerprint density at radius 2 is 2.00 bits per heavy atom. The number of hydrogen-bond acceptors (Lipinski definition) is 3. The normalized spacial score (nSPS) is 22.0. The van der Waals surface area contributed by atoms with E-state index in [4.69, 9.17) is 11.5 Å². The summed E-state index contributed by atoms with van der Waals surface area (Å²) in [6.07, 6.45) is 9.64. The van der Waals surface area contributed by atoms with Gasteiger partial charge >= 0.3 is 0 Å². The van der Waals surface area contributed by atoms with Crippen molar-refractivity contribution in [2.24, 2.45) is 11.1 Å². The van der Waals surface area contributed by atoms with Gasteiger partial charge in [-0.2, -0.15) is 0 Å². The van der Waals surface area contributed by atoms with Crippen LogP contribution in [0.25, 0.3) is 0 Å². The van der Waals surface area contributed by atoms with Gasteiger partial charge in [0.05, 0.1) is 0 Å². The predicted molar refractivity (Wildman–Crippen MR) is 98.0 cm³/mol. The van der Waals surface area contributed by atoms with Gasteiger partial charge in [-0.3, -0.25) is 0 Å². The van der Waals surface area contributed by atoms with E-state index >= 15 is 0 Å². The van der Waals surface area contributed by atoms with Crippen molar-refractivity contribution in [2.45, 2.75) is 51.6 Å². The van der Waals surface area contributed by atoms with E-state index in [1.54, 1.807) is 11.1 Å². The van der Waals surface area contributed by atoms with Gasteiger partial charge in [0.25, 0.3) is 0 Å². The summed E-state index contributed by atoms with van der Waals surface area (Å²) in [4.78, 5) is 0. The van der Waals surface area contributed by atoms with Crippen LogP contribution in [0.3, 0.4) is 0 Å². The van der Waals surface area contributed by atoms with Gasteiger partial charge in [-0.25, -0.2) is 0 Å². The molecule has 124 valence electrons. The van der Waals surface area contributed by atoms with Crippen LogP contribution >= 0.6 is 0 Å². The molecule has 1 saturated carbocycles. The van der Waals surface area contributed by atoms with E-state index in [1.165, 1.54) is 25.7 Å². The summed E-state index contributed by atoms with van der Waals surface area (Å²) in [5, 5.41) is 3.68. The third kappa shape index (κ3) is 3.36. The molecule has 0 radical (unpaired) electrons. The first-order chi connectivity index (χ1) is 11.0. The Balaban J connectivity index is 1.64. The minimum Gasteiger partial charge on any atom is -0.398 e. The molecule has 2 atom stereocenters. The molecule has 0 spiro atoms. The first-order valence-electron chi connectivity index (χ1n) is 8.74. The highest BCUT2D eigenvalue weighted by Gasteiger charge is 2.45. The molecule has 0 aliphatic heterocycles. The van der Waals surface area contributed by atoms with Crippen LogP contribution in [0.4, 0.5) is 5.69 Å². The molecule has 3 nitrogen and oxygen atoms in total. The topological polar surface area (TPSA) is 64.1 Å². The number of benzene rings is 1. The molecule has 1 aromatic carbocycles. The molecule has 23 heavy (non-hydrogen) atoms. The highest BCUT2D eigenvalue weighted by atomic mass is 15.0. The van der Waals surface area contributed by atoms with Crippen molar-refractivity contribution in [3.05, 3.63) is 53.1 Å². The van der Waals surface area contributed by atoms with E-state index < -0.39 is 0 Å². The molecular weight excluding hydrogens is 282 g/mol. The number of nitrogens with two attached hydrogens (primary N) is 2. The van der Waals surface area contributed by atoms with Crippen molar-refractivity contribution in [2.75, 3.05) is 12.3 Å². The zero-order valence-corrected chi connectivity index (χ0v) is 14.3. The second-order valence-corrected chi connectivity index (χ2v) is 7.24. The third-order valence-electron chi connectivity index (χ3n) is 5.51. The molecule has 0 amide bonds. The lowest BCUT2D eigenvalue weighted by Gasteiger charge is -2.28. The molecule has 0 saturated heterocycles. The van der Waals surface area contributed by atoms with Crippen LogP contribution in [0.15, 0.2) is 47.6 Å². The summed E-state index contributed by atoms with van der Waals surface area (Å²) in [6, 6.07) is 8.02. The number of nitrogens with one attached hydrogen (secondary N) is 1. The monoisotopic (exact) mass is 311 g/mol. The molecule has 2 aliphatic carbocycles. The maximum atomic E-state index is 6.43. The Morgan fingerprint density at radius 1 is 1.26 bits per heavy atom. The van der Waals surface area contributed by atoms with Crippen molar-refractivity contribution in [1.29, 1.82) is 0 Å². The fraction of sp³-hybridized carbons (Fsp3) is 0.500. The lowest BCUT2D eigenvalue weighted by molar-refractivity contribution is 0.421. The molecule has 1 fully saturated rings. The molecular formula is C20H29N3. The van der Waals surface area contributed by atoms with Crippen molar-refractivity contribution in [3.8, 4) is 0 Å². The first kappa shape index (κ1) is 16.3. The minimum atomic E-state index is -0.0797. The summed E-state index contributed by atoms with van der Waals surface area (Å²) >= 11 is 0. The molecule has 2 aliphatic rings. The molecule has 3 rings (SSSR count). The number of allylic oxidation sites excluding steroid dienone is 3. The minimum absolute atomic E-state index is 0.0797. The number of para-hydroxylation sites is 1. The largest absolute Gasteiger partial charge is 0.398 e. The van der Waals surface area contributed by atoms with E-state index in [-0.39, 0.29) is 12.1 Å². The number of nitrogen functional groups attached to an aromatic ring is 1. The lowest BCUT2D eigenvalue weighted by Crippen LogP contribution is -2.40. The Morgan fingerprint density at radius 3 is 2.65 bits per heavy atom. The fourth-order valence-corrected chi connectivity index (χ4v) is 3.67. The smallest absolute Gasteiger partial charge is 0.0468 e. The van der Waals surface area contributed by atoms with Gasteiger partial charge in [0.1, 0.15) is 0 Å². The van der Waals surface area contributed by atoms with Crippen LogP contribution in [0.2, 0.25) is 0 Å². The fourth-order valence-electron chi connectivity index (χ4n) is 3.67. The van der Waals surface area contributed by atoms with Crippen molar-refractivity contribution >= 4 is 5.69 Å². The maximum absolute atomic E-state index is 6.43. The Bertz CT molecular complexity index is 626. The number of anilines is 1. The molecule has 1 aromatic rings. The summed E-state index contributed by atoms with van der Waals surface area (Å²) < 4.78 is 0. The van der Waals surface area contributed by atoms with Crippen molar-refractivity contribution < 1.29 is 0 Å². The SMILES string of the molecule is CC1=C(C2(CNC(C)C(N)c3ccccc3N)CC2)C=CCC1. The average molecular weight is 311 g/mol. The van der Waals surface area contributed by atoms with Crippen LogP contribution in [0, 0.1) is 5.41 Å². The third-order valence-corrected chi connectivity index (χ3v) is 5.51. The second kappa shape index (κ2) is 6.50. The summed E-state index contributed by atoms with van der Waals surface area (Å²) in [7, 11) is 0. The first-order valence-corrected chi connectivity index (χ1v) is 8.74. The van der Waals surface area contributed by atoms with E-state index in [0.717, 1.165) is 17.8 Å². The highest BCUT2D eigenvalue weighted by molar-refractivity contribution is 5.48. The average Bonchev–Trinajstić information content (AvgIpc) is 3.34. The van der Waals surface area contributed by atoms with Gasteiger partial charge in [0.15, 0.2) is 0 Å². The van der Waals surface area contributed by atoms with E-state index in [1.807, 2.05) is 24.3 Å². The van der Waals surface area contributed by atoms with E-state index in [9.17, 15) is 0 Å². The van der Waals surface area contributed by atoms with Gasteiger partial charge in [-0.05, 0) is 56.7 Å². The molecule has 2 unspecified atom stereocenters. The molecule has 5 N–H and O–H groups in total. The number of hydrogen-bond donors (Lipinski definition) is 3. The maximum Gasteiger partial charge on any atom is 0.0468 e. The van der Waals surface area contributed by atoms with Gasteiger partial charge in [0.2, 0.25) is 0 Å². The van der Waals surface area contributed by atoms with Crippen LogP contribution in [-0.2, 0) is 0 Å². The van der Waals surface area contributed by atoms with Crippen LogP contribution < -0.4 is 16.8 Å². The van der Waals surface area contributed by atoms with Gasteiger partial charge in [-0.15, -0.1) is 0 Å². The van der Waals surface area contributed by atoms with Crippen LogP contribution in [0.5, 0.6) is 0 Å². The zero-order valence-electron chi connectivity index (χ0n) is 14.3. The Hall–Kier alpha value is -1.58. The summed E-state index contributed by atoms with van der Waals surface area (Å²) in [6.45, 7) is 5.45. The summed E-state index contributed by atoms with van der Waals surface area (Å²) in [5.41, 5.74) is 17.8.